The Kier molecular flexibility index (Phi) is 6.00. The van der Waals surface area contributed by atoms with Gasteiger partial charge in [-0.05, 0) is 43.5 Å². The number of hydrogen-bond donors (Lipinski definition) is 2. The zero-order valence-corrected chi connectivity index (χ0v) is 16.7. The summed E-state index contributed by atoms with van der Waals surface area (Å²) in [7, 11) is 0. The molecule has 4 rings (SSSR count). The van der Waals surface area contributed by atoms with E-state index in [1.165, 1.54) is 36.2 Å². The molecule has 1 fully saturated rings. The molecule has 2 atom stereocenters. The van der Waals surface area contributed by atoms with E-state index in [9.17, 15) is 4.79 Å². The Balaban J connectivity index is 1.32. The third-order valence-corrected chi connectivity index (χ3v) is 5.50. The minimum absolute atomic E-state index is 0.0159. The number of quaternary nitrogens is 1. The van der Waals surface area contributed by atoms with E-state index in [0.717, 1.165) is 18.2 Å². The molecule has 3 heterocycles. The van der Waals surface area contributed by atoms with Gasteiger partial charge in [0, 0.05) is 11.1 Å². The number of tetrazole rings is 1. The molecule has 1 amide bonds. The lowest BCUT2D eigenvalue weighted by Gasteiger charge is -2.30. The van der Waals surface area contributed by atoms with E-state index in [1.54, 1.807) is 17.2 Å². The van der Waals surface area contributed by atoms with Gasteiger partial charge in [0.15, 0.2) is 0 Å². The van der Waals surface area contributed by atoms with Crippen LogP contribution in [-0.2, 0) is 24.4 Å². The second kappa shape index (κ2) is 9.00. The molecule has 8 nitrogen and oxygen atoms in total. The van der Waals surface area contributed by atoms with E-state index in [4.69, 9.17) is 4.42 Å². The van der Waals surface area contributed by atoms with Crippen LogP contribution in [0.15, 0.2) is 47.1 Å². The average molecular weight is 395 g/mol. The lowest BCUT2D eigenvalue weighted by atomic mass is 10.0. The van der Waals surface area contributed by atoms with Gasteiger partial charge >= 0.3 is 0 Å². The molecule has 3 aromatic rings. The first kappa shape index (κ1) is 19.3. The van der Waals surface area contributed by atoms with Crippen LogP contribution >= 0.6 is 0 Å². The van der Waals surface area contributed by atoms with E-state index in [0.29, 0.717) is 18.1 Å². The maximum atomic E-state index is 12.0. The van der Waals surface area contributed by atoms with Gasteiger partial charge in [-0.2, -0.15) is 4.80 Å². The molecule has 29 heavy (non-hydrogen) atoms. The van der Waals surface area contributed by atoms with Crippen molar-refractivity contribution in [1.82, 2.24) is 25.5 Å². The molecule has 1 aromatic carbocycles. The average Bonchev–Trinajstić information content (AvgIpc) is 3.41. The highest BCUT2D eigenvalue weighted by molar-refractivity contribution is 5.75. The quantitative estimate of drug-likeness (QED) is 0.628. The topological polar surface area (TPSA) is 90.3 Å². The SMILES string of the molecule is C[C@@H]1CCCC[NH+]1Cc1ccc(-c2nnn(CC(=O)NCc3ccco3)n2)cc1. The molecule has 1 unspecified atom stereocenters. The van der Waals surface area contributed by atoms with Gasteiger partial charge in [0.25, 0.3) is 0 Å². The van der Waals surface area contributed by atoms with Crippen LogP contribution in [0.2, 0.25) is 0 Å². The van der Waals surface area contributed by atoms with Crippen molar-refractivity contribution in [3.63, 3.8) is 0 Å². The van der Waals surface area contributed by atoms with Crippen LogP contribution in [0.3, 0.4) is 0 Å². The Morgan fingerprint density at radius 1 is 1.28 bits per heavy atom. The number of nitrogens with one attached hydrogen (secondary N) is 2. The number of rotatable bonds is 7. The van der Waals surface area contributed by atoms with Crippen molar-refractivity contribution in [3.05, 3.63) is 54.0 Å². The number of nitrogens with zero attached hydrogens (tertiary/aromatic N) is 4. The summed E-state index contributed by atoms with van der Waals surface area (Å²) in [6, 6.07) is 12.7. The normalized spacial score (nSPS) is 19.2. The highest BCUT2D eigenvalue weighted by atomic mass is 16.3. The number of carbonyl (C=O) groups is 1. The molecule has 1 aliphatic rings. The van der Waals surface area contributed by atoms with Crippen molar-refractivity contribution in [1.29, 1.82) is 0 Å². The number of amides is 1. The van der Waals surface area contributed by atoms with Crippen LogP contribution in [0.5, 0.6) is 0 Å². The summed E-state index contributed by atoms with van der Waals surface area (Å²) in [5.74, 6) is 1.03. The molecule has 2 N–H and O–H groups in total. The van der Waals surface area contributed by atoms with Crippen molar-refractivity contribution in [3.8, 4) is 11.4 Å². The second-order valence-electron chi connectivity index (χ2n) is 7.68. The Labute approximate surface area is 169 Å². The van der Waals surface area contributed by atoms with Gasteiger partial charge in [0.1, 0.15) is 18.8 Å². The highest BCUT2D eigenvalue weighted by Crippen LogP contribution is 2.14. The molecule has 0 saturated carbocycles. The molecule has 1 aliphatic heterocycles. The Morgan fingerprint density at radius 2 is 2.14 bits per heavy atom. The molecule has 0 aliphatic carbocycles. The van der Waals surface area contributed by atoms with E-state index in [-0.39, 0.29) is 12.5 Å². The van der Waals surface area contributed by atoms with Gasteiger partial charge in [-0.25, -0.2) is 0 Å². The minimum atomic E-state index is -0.195. The molecule has 0 bridgehead atoms. The standard InChI is InChI=1S/C21H26N6O2/c1-16-5-2-3-11-26(16)14-17-7-9-18(10-8-17)21-23-25-27(24-21)15-20(28)22-13-19-6-4-12-29-19/h4,6-10,12,16H,2-3,5,11,13-15H2,1H3,(H,22,28)/p+1/t16-/m1/s1. The number of benzene rings is 1. The van der Waals surface area contributed by atoms with Gasteiger partial charge in [-0.15, -0.1) is 10.2 Å². The molecule has 0 radical (unpaired) electrons. The zero-order chi connectivity index (χ0) is 20.1. The molecule has 152 valence electrons. The Morgan fingerprint density at radius 3 is 2.90 bits per heavy atom. The lowest BCUT2D eigenvalue weighted by molar-refractivity contribution is -0.941. The predicted octanol–water partition coefficient (Wildman–Crippen LogP) is 1.21. The first-order valence-electron chi connectivity index (χ1n) is 10.2. The third-order valence-electron chi connectivity index (χ3n) is 5.50. The Hall–Kier alpha value is -3.00. The monoisotopic (exact) mass is 395 g/mol. The smallest absolute Gasteiger partial charge is 0.244 e. The molecule has 2 aromatic heterocycles. The van der Waals surface area contributed by atoms with E-state index >= 15 is 0 Å². The predicted molar refractivity (Wildman–Crippen MR) is 107 cm³/mol. The maximum absolute atomic E-state index is 12.0. The van der Waals surface area contributed by atoms with Crippen LogP contribution in [-0.4, -0.2) is 38.7 Å². The van der Waals surface area contributed by atoms with Crippen LogP contribution < -0.4 is 10.2 Å². The second-order valence-corrected chi connectivity index (χ2v) is 7.68. The van der Waals surface area contributed by atoms with Gasteiger partial charge in [-0.1, -0.05) is 24.3 Å². The minimum Gasteiger partial charge on any atom is -0.467 e. The first-order valence-corrected chi connectivity index (χ1v) is 10.2. The summed E-state index contributed by atoms with van der Waals surface area (Å²) in [5.41, 5.74) is 2.22. The number of furan rings is 1. The van der Waals surface area contributed by atoms with Crippen molar-refractivity contribution in [2.24, 2.45) is 0 Å². The van der Waals surface area contributed by atoms with Crippen LogP contribution in [0.25, 0.3) is 11.4 Å². The van der Waals surface area contributed by atoms with Crippen molar-refractivity contribution in [2.45, 2.75) is 51.9 Å². The maximum Gasteiger partial charge on any atom is 0.244 e. The van der Waals surface area contributed by atoms with Gasteiger partial charge in [0.05, 0.1) is 25.4 Å². The summed E-state index contributed by atoms with van der Waals surface area (Å²) >= 11 is 0. The molecule has 8 heteroatoms. The van der Waals surface area contributed by atoms with Crippen LogP contribution in [0, 0.1) is 0 Å². The lowest BCUT2D eigenvalue weighted by Crippen LogP contribution is -3.14. The first-order chi connectivity index (χ1) is 14.2. The molecule has 0 spiro atoms. The summed E-state index contributed by atoms with van der Waals surface area (Å²) < 4.78 is 5.19. The summed E-state index contributed by atoms with van der Waals surface area (Å²) in [6.45, 7) is 5.00. The highest BCUT2D eigenvalue weighted by Gasteiger charge is 2.21. The summed E-state index contributed by atoms with van der Waals surface area (Å²) in [6.07, 6.45) is 5.56. The summed E-state index contributed by atoms with van der Waals surface area (Å²) in [5, 5.41) is 15.2. The molecular formula is C21H27N6O2+. The van der Waals surface area contributed by atoms with Crippen molar-refractivity contribution < 1.29 is 14.1 Å². The van der Waals surface area contributed by atoms with Gasteiger partial charge in [0.2, 0.25) is 11.7 Å². The van der Waals surface area contributed by atoms with Crippen LogP contribution in [0.4, 0.5) is 0 Å². The summed E-state index contributed by atoms with van der Waals surface area (Å²) in [4.78, 5) is 15.0. The number of likely N-dealkylation sites (tertiary alicyclic amines) is 1. The van der Waals surface area contributed by atoms with E-state index in [1.807, 2.05) is 18.2 Å². The van der Waals surface area contributed by atoms with Crippen molar-refractivity contribution in [2.75, 3.05) is 6.54 Å². The van der Waals surface area contributed by atoms with E-state index in [2.05, 4.69) is 39.8 Å². The third kappa shape index (κ3) is 5.08. The number of hydrogen-bond acceptors (Lipinski definition) is 5. The van der Waals surface area contributed by atoms with Crippen LogP contribution in [0.1, 0.15) is 37.5 Å². The fraction of sp³-hybridized carbons (Fsp3) is 0.429. The number of aromatic nitrogens is 4. The van der Waals surface area contributed by atoms with Gasteiger partial charge < -0.3 is 14.6 Å². The van der Waals surface area contributed by atoms with E-state index < -0.39 is 0 Å². The number of carbonyl (C=O) groups excluding carboxylic acids is 1. The van der Waals surface area contributed by atoms with Crippen molar-refractivity contribution >= 4 is 5.91 Å². The largest absolute Gasteiger partial charge is 0.467 e. The number of piperidine rings is 1. The molecule has 1 saturated heterocycles. The Bertz CT molecular complexity index is 919. The fourth-order valence-electron chi connectivity index (χ4n) is 3.76. The molecular weight excluding hydrogens is 368 g/mol. The fourth-order valence-corrected chi connectivity index (χ4v) is 3.76. The zero-order valence-electron chi connectivity index (χ0n) is 16.7. The van der Waals surface area contributed by atoms with Gasteiger partial charge in [-0.3, -0.25) is 4.79 Å².